The van der Waals surface area contributed by atoms with E-state index in [4.69, 9.17) is 11.6 Å². The summed E-state index contributed by atoms with van der Waals surface area (Å²) >= 11 is 8.14. The van der Waals surface area contributed by atoms with E-state index in [0.717, 1.165) is 50.7 Å². The second-order valence-corrected chi connectivity index (χ2v) is 11.1. The van der Waals surface area contributed by atoms with Gasteiger partial charge in [-0.3, -0.25) is 4.90 Å². The van der Waals surface area contributed by atoms with Crippen molar-refractivity contribution in [3.63, 3.8) is 0 Å². The molecule has 2 heterocycles. The highest BCUT2D eigenvalue weighted by atomic mass is 35.5. The lowest BCUT2D eigenvalue weighted by molar-refractivity contribution is 0.159. The van der Waals surface area contributed by atoms with Crippen LogP contribution in [0.3, 0.4) is 0 Å². The summed E-state index contributed by atoms with van der Waals surface area (Å²) in [5, 5.41) is 13.0. The second kappa shape index (κ2) is 12.8. The van der Waals surface area contributed by atoms with Crippen molar-refractivity contribution in [3.05, 3.63) is 105 Å². The highest BCUT2D eigenvalue weighted by molar-refractivity contribution is 7.10. The Labute approximate surface area is 224 Å². The summed E-state index contributed by atoms with van der Waals surface area (Å²) in [6.45, 7) is 6.39. The fourth-order valence-corrected chi connectivity index (χ4v) is 6.57. The van der Waals surface area contributed by atoms with E-state index in [1.807, 2.05) is 17.4 Å². The molecular formula is C31H36ClN3S. The highest BCUT2D eigenvalue weighted by Gasteiger charge is 2.23. The topological polar surface area (TPSA) is 27.3 Å². The summed E-state index contributed by atoms with van der Waals surface area (Å²) in [7, 11) is 0. The van der Waals surface area contributed by atoms with Crippen LogP contribution in [0.4, 0.5) is 0 Å². The van der Waals surface area contributed by atoms with E-state index in [1.54, 1.807) is 0 Å². The van der Waals surface area contributed by atoms with Crippen LogP contribution >= 0.6 is 22.9 Å². The average Bonchev–Trinajstić information content (AvgIpc) is 3.45. The van der Waals surface area contributed by atoms with Gasteiger partial charge in [-0.05, 0) is 84.4 Å². The van der Waals surface area contributed by atoms with Crippen molar-refractivity contribution in [2.75, 3.05) is 39.3 Å². The van der Waals surface area contributed by atoms with Crippen molar-refractivity contribution in [1.82, 2.24) is 15.5 Å². The molecule has 2 atom stereocenters. The third kappa shape index (κ3) is 6.37. The zero-order chi connectivity index (χ0) is 24.6. The van der Waals surface area contributed by atoms with Gasteiger partial charge >= 0.3 is 0 Å². The maximum absolute atomic E-state index is 6.26. The van der Waals surface area contributed by atoms with Crippen LogP contribution in [0.5, 0.6) is 0 Å². The molecule has 0 aliphatic carbocycles. The molecule has 2 unspecified atom stereocenters. The number of hydrogen-bond donors (Lipinski definition) is 2. The molecule has 188 valence electrons. The normalized spacial score (nSPS) is 17.4. The van der Waals surface area contributed by atoms with E-state index in [0.29, 0.717) is 12.0 Å². The van der Waals surface area contributed by atoms with Gasteiger partial charge in [0.25, 0.3) is 0 Å². The number of thiophene rings is 1. The molecule has 1 aromatic heterocycles. The van der Waals surface area contributed by atoms with Crippen molar-refractivity contribution < 1.29 is 0 Å². The van der Waals surface area contributed by atoms with Crippen LogP contribution in [0.2, 0.25) is 5.02 Å². The number of piperazine rings is 1. The summed E-state index contributed by atoms with van der Waals surface area (Å²) in [5.41, 5.74) is 2.77. The van der Waals surface area contributed by atoms with Crippen LogP contribution in [-0.2, 0) is 0 Å². The molecule has 1 fully saturated rings. The summed E-state index contributed by atoms with van der Waals surface area (Å²) in [6.07, 6.45) is 3.52. The van der Waals surface area contributed by atoms with Gasteiger partial charge in [-0.1, -0.05) is 72.3 Å². The van der Waals surface area contributed by atoms with E-state index >= 15 is 0 Å². The summed E-state index contributed by atoms with van der Waals surface area (Å²) < 4.78 is 0. The highest BCUT2D eigenvalue weighted by Crippen LogP contribution is 2.35. The first kappa shape index (κ1) is 25.4. The molecule has 1 aliphatic heterocycles. The predicted molar refractivity (Wildman–Crippen MR) is 155 cm³/mol. The van der Waals surface area contributed by atoms with Crippen LogP contribution in [0.25, 0.3) is 10.8 Å². The number of hydrogen-bond acceptors (Lipinski definition) is 4. The maximum Gasteiger partial charge on any atom is 0.0473 e. The van der Waals surface area contributed by atoms with Crippen LogP contribution in [-0.4, -0.2) is 44.2 Å². The lowest BCUT2D eigenvalue weighted by Gasteiger charge is -2.36. The van der Waals surface area contributed by atoms with E-state index in [9.17, 15) is 0 Å². The van der Waals surface area contributed by atoms with Crippen LogP contribution in [0.1, 0.15) is 47.2 Å². The first-order valence-corrected chi connectivity index (χ1v) is 14.5. The van der Waals surface area contributed by atoms with Crippen LogP contribution in [0, 0.1) is 0 Å². The Balaban J connectivity index is 1.11. The molecule has 0 spiro atoms. The number of halogens is 1. The van der Waals surface area contributed by atoms with Crippen molar-refractivity contribution in [1.29, 1.82) is 0 Å². The molecule has 5 rings (SSSR count). The Morgan fingerprint density at radius 3 is 2.75 bits per heavy atom. The monoisotopic (exact) mass is 517 g/mol. The first-order chi connectivity index (χ1) is 17.8. The van der Waals surface area contributed by atoms with Crippen molar-refractivity contribution in [2.24, 2.45) is 0 Å². The minimum Gasteiger partial charge on any atom is -0.317 e. The number of benzene rings is 3. The number of fused-ring (bicyclic) bond motifs is 1. The van der Waals surface area contributed by atoms with E-state index in [-0.39, 0.29) is 0 Å². The van der Waals surface area contributed by atoms with Gasteiger partial charge in [0.15, 0.2) is 0 Å². The quantitative estimate of drug-likeness (QED) is 0.208. The second-order valence-electron chi connectivity index (χ2n) is 9.69. The third-order valence-electron chi connectivity index (χ3n) is 7.33. The molecule has 2 N–H and O–H groups in total. The van der Waals surface area contributed by atoms with E-state index < -0.39 is 0 Å². The average molecular weight is 518 g/mol. The van der Waals surface area contributed by atoms with Gasteiger partial charge in [0.05, 0.1) is 0 Å². The molecule has 0 saturated carbocycles. The van der Waals surface area contributed by atoms with Crippen molar-refractivity contribution >= 4 is 33.7 Å². The molecule has 0 bridgehead atoms. The summed E-state index contributed by atoms with van der Waals surface area (Å²) in [6, 6.07) is 28.8. The minimum absolute atomic E-state index is 0.414. The molecule has 5 heteroatoms. The number of rotatable bonds is 11. The maximum atomic E-state index is 6.26. The number of nitrogens with one attached hydrogen (secondary N) is 2. The zero-order valence-corrected chi connectivity index (χ0v) is 22.4. The molecule has 1 aliphatic rings. The zero-order valence-electron chi connectivity index (χ0n) is 20.8. The molecule has 1 saturated heterocycles. The standard InChI is InChI=1S/C31H36ClN3S/c32-26-11-5-10-25(22-26)30-23-34-18-20-35(30)19-4-3-16-33-17-15-29(31-14-7-21-36-31)28-13-6-9-24-8-1-2-12-27(24)28/h1-2,5-14,21-22,29-30,33-34H,3-4,15-20,23H2. The van der Waals surface area contributed by atoms with Gasteiger partial charge in [-0.25, -0.2) is 0 Å². The van der Waals surface area contributed by atoms with Crippen LogP contribution < -0.4 is 10.6 Å². The summed E-state index contributed by atoms with van der Waals surface area (Å²) in [4.78, 5) is 4.08. The minimum atomic E-state index is 0.414. The molecule has 0 amide bonds. The Hall–Kier alpha value is -2.21. The Morgan fingerprint density at radius 2 is 1.86 bits per heavy atom. The molecule has 3 aromatic carbocycles. The van der Waals surface area contributed by atoms with Crippen LogP contribution in [0.15, 0.2) is 84.2 Å². The Morgan fingerprint density at radius 1 is 0.972 bits per heavy atom. The molecule has 3 nitrogen and oxygen atoms in total. The molecule has 0 radical (unpaired) electrons. The van der Waals surface area contributed by atoms with Crippen molar-refractivity contribution in [3.8, 4) is 0 Å². The Bertz CT molecular complexity index is 1220. The fraction of sp³-hybridized carbons (Fsp3) is 0.355. The third-order valence-corrected chi connectivity index (χ3v) is 8.55. The van der Waals surface area contributed by atoms with Crippen molar-refractivity contribution in [2.45, 2.75) is 31.2 Å². The first-order valence-electron chi connectivity index (χ1n) is 13.2. The largest absolute Gasteiger partial charge is 0.317 e. The molecular weight excluding hydrogens is 482 g/mol. The van der Waals surface area contributed by atoms with Gasteiger partial charge in [-0.2, -0.15) is 0 Å². The Kier molecular flexibility index (Phi) is 9.08. The SMILES string of the molecule is Clc1cccc(C2CNCCN2CCCCNCCC(c2cccs2)c2cccc3ccccc23)c1. The lowest BCUT2D eigenvalue weighted by atomic mass is 9.90. The predicted octanol–water partition coefficient (Wildman–Crippen LogP) is 7.09. The van der Waals surface area contributed by atoms with Gasteiger partial charge in [0.1, 0.15) is 0 Å². The summed E-state index contributed by atoms with van der Waals surface area (Å²) in [5.74, 6) is 0.433. The fourth-order valence-electron chi connectivity index (χ4n) is 5.49. The molecule has 4 aromatic rings. The van der Waals surface area contributed by atoms with E-state index in [1.165, 1.54) is 39.6 Å². The van der Waals surface area contributed by atoms with Gasteiger partial charge in [0.2, 0.25) is 0 Å². The van der Waals surface area contributed by atoms with Gasteiger partial charge in [0, 0.05) is 41.5 Å². The lowest BCUT2D eigenvalue weighted by Crippen LogP contribution is -2.46. The number of unbranched alkanes of at least 4 members (excludes halogenated alkanes) is 1. The van der Waals surface area contributed by atoms with Gasteiger partial charge < -0.3 is 10.6 Å². The van der Waals surface area contributed by atoms with E-state index in [2.05, 4.69) is 93.7 Å². The number of nitrogens with zero attached hydrogens (tertiary/aromatic N) is 1. The molecule has 36 heavy (non-hydrogen) atoms. The smallest absolute Gasteiger partial charge is 0.0473 e. The van der Waals surface area contributed by atoms with Gasteiger partial charge in [-0.15, -0.1) is 11.3 Å².